The van der Waals surface area contributed by atoms with Crippen LogP contribution in [0.1, 0.15) is 17.2 Å². The van der Waals surface area contributed by atoms with Crippen molar-refractivity contribution in [3.63, 3.8) is 0 Å². The molecule has 10 nitrogen and oxygen atoms in total. The Bertz CT molecular complexity index is 1060. The minimum Gasteiger partial charge on any atom is -0.212 e. The monoisotopic (exact) mass is 496 g/mol. The van der Waals surface area contributed by atoms with E-state index in [0.29, 0.717) is 30.6 Å². The first-order valence-electron chi connectivity index (χ1n) is 7.41. The van der Waals surface area contributed by atoms with Crippen molar-refractivity contribution in [2.24, 2.45) is 0 Å². The summed E-state index contributed by atoms with van der Waals surface area (Å²) in [4.78, 5) is 0. The summed E-state index contributed by atoms with van der Waals surface area (Å²) in [5, 5.41) is 0. The Kier molecular flexibility index (Phi) is 7.70. The minimum atomic E-state index is -4.42. The van der Waals surface area contributed by atoms with Crippen LogP contribution < -0.4 is 0 Å². The van der Waals surface area contributed by atoms with Crippen molar-refractivity contribution in [3.8, 4) is 0 Å². The van der Waals surface area contributed by atoms with E-state index < -0.39 is 52.7 Å². The SMILES string of the molecule is CS(=O)(=O)N(C[C@H](c1ccc(CCl)cc1)N(S(C)(=O)=O)S(C)(=O)=O)S(C)(=O)=O. The Morgan fingerprint density at radius 2 is 1.14 bits per heavy atom. The van der Waals surface area contributed by atoms with Crippen LogP contribution in [-0.4, -0.2) is 72.7 Å². The third-order valence-corrected chi connectivity index (χ3v) is 10.6. The summed E-state index contributed by atoms with van der Waals surface area (Å²) in [5.41, 5.74) is 0.708. The fraction of sp³-hybridized carbons (Fsp3) is 0.538. The molecule has 162 valence electrons. The lowest BCUT2D eigenvalue weighted by Crippen LogP contribution is -2.46. The molecule has 0 aliphatic carbocycles. The standard InChI is InChI=1S/C13H21ClN2O8S4/c1-25(17,18)15(26(2,19)20)10-13(12-7-5-11(9-14)6-8-12)16(27(3,21)22)28(4,23)24/h5-8,13H,9-10H2,1-4H3/t13-/m1/s1. The van der Waals surface area contributed by atoms with Crippen molar-refractivity contribution in [1.82, 2.24) is 7.42 Å². The highest BCUT2D eigenvalue weighted by atomic mass is 35.5. The van der Waals surface area contributed by atoms with Crippen LogP contribution in [0, 0.1) is 0 Å². The molecule has 0 saturated heterocycles. The minimum absolute atomic E-state index is 0.0590. The van der Waals surface area contributed by atoms with Crippen LogP contribution in [0.25, 0.3) is 0 Å². The van der Waals surface area contributed by atoms with Crippen LogP contribution >= 0.6 is 11.6 Å². The summed E-state index contributed by atoms with van der Waals surface area (Å²) in [5.74, 6) is 0.131. The Hall–Kier alpha value is -0.770. The van der Waals surface area contributed by atoms with Gasteiger partial charge in [-0.2, -0.15) is 0 Å². The second kappa shape index (κ2) is 8.53. The molecule has 1 aromatic rings. The van der Waals surface area contributed by atoms with E-state index in [-0.39, 0.29) is 18.9 Å². The molecule has 0 fully saturated rings. The molecule has 0 bridgehead atoms. The lowest BCUT2D eigenvalue weighted by atomic mass is 10.1. The zero-order valence-corrected chi connectivity index (χ0v) is 19.5. The van der Waals surface area contributed by atoms with Gasteiger partial charge < -0.3 is 0 Å². The molecule has 1 atom stereocenters. The van der Waals surface area contributed by atoms with Crippen LogP contribution in [0.15, 0.2) is 24.3 Å². The Morgan fingerprint density at radius 3 is 1.43 bits per heavy atom. The summed E-state index contributed by atoms with van der Waals surface area (Å²) in [7, 11) is -17.5. The maximum Gasteiger partial charge on any atom is 0.224 e. The Labute approximate surface area is 171 Å². The van der Waals surface area contributed by atoms with E-state index in [4.69, 9.17) is 11.6 Å². The van der Waals surface area contributed by atoms with Gasteiger partial charge in [0, 0.05) is 5.88 Å². The van der Waals surface area contributed by atoms with Crippen LogP contribution in [0.4, 0.5) is 0 Å². The van der Waals surface area contributed by atoms with Crippen molar-refractivity contribution < 1.29 is 33.7 Å². The maximum atomic E-state index is 12.2. The lowest BCUT2D eigenvalue weighted by molar-refractivity contribution is 0.388. The van der Waals surface area contributed by atoms with Gasteiger partial charge in [0.25, 0.3) is 0 Å². The fourth-order valence-electron chi connectivity index (χ4n) is 2.49. The summed E-state index contributed by atoms with van der Waals surface area (Å²) in [6.07, 6.45) is 2.48. The molecule has 15 heteroatoms. The third-order valence-electron chi connectivity index (χ3n) is 3.49. The molecule has 1 rings (SSSR count). The molecule has 0 aliphatic heterocycles. The van der Waals surface area contributed by atoms with Crippen LogP contribution in [0.2, 0.25) is 0 Å². The first-order valence-corrected chi connectivity index (χ1v) is 15.3. The average Bonchev–Trinajstić information content (AvgIpc) is 2.46. The molecule has 0 radical (unpaired) electrons. The van der Waals surface area contributed by atoms with Crippen molar-refractivity contribution in [2.45, 2.75) is 11.9 Å². The van der Waals surface area contributed by atoms with Gasteiger partial charge in [-0.3, -0.25) is 0 Å². The van der Waals surface area contributed by atoms with Gasteiger partial charge in [0.05, 0.1) is 37.6 Å². The van der Waals surface area contributed by atoms with E-state index in [1.54, 1.807) is 0 Å². The summed E-state index contributed by atoms with van der Waals surface area (Å²) >= 11 is 5.70. The van der Waals surface area contributed by atoms with Gasteiger partial charge >= 0.3 is 0 Å². The molecular formula is C13H21ClN2O8S4. The summed E-state index contributed by atoms with van der Waals surface area (Å²) < 4.78 is 96.9. The number of nitrogens with zero attached hydrogens (tertiary/aromatic N) is 2. The zero-order valence-electron chi connectivity index (χ0n) is 15.5. The zero-order chi connectivity index (χ0) is 22.1. The molecule has 0 aliphatic rings. The quantitative estimate of drug-likeness (QED) is 0.431. The highest BCUT2D eigenvalue weighted by Gasteiger charge is 2.40. The second-order valence-corrected chi connectivity index (χ2v) is 14.4. The van der Waals surface area contributed by atoms with E-state index in [2.05, 4.69) is 0 Å². The number of benzene rings is 1. The molecule has 0 spiro atoms. The molecule has 0 aromatic heterocycles. The smallest absolute Gasteiger partial charge is 0.212 e. The molecule has 0 heterocycles. The van der Waals surface area contributed by atoms with Crippen LogP contribution in [-0.2, 0) is 46.0 Å². The molecule has 28 heavy (non-hydrogen) atoms. The van der Waals surface area contributed by atoms with Crippen molar-refractivity contribution in [3.05, 3.63) is 35.4 Å². The first kappa shape index (κ1) is 25.3. The number of hydrogen-bond donors (Lipinski definition) is 0. The molecule has 1 aromatic carbocycles. The number of hydrogen-bond acceptors (Lipinski definition) is 8. The molecule has 0 saturated carbocycles. The largest absolute Gasteiger partial charge is 0.224 e. The predicted molar refractivity (Wildman–Crippen MR) is 107 cm³/mol. The topological polar surface area (TPSA) is 143 Å². The summed E-state index contributed by atoms with van der Waals surface area (Å²) in [6, 6.07) is 4.04. The van der Waals surface area contributed by atoms with Gasteiger partial charge in [-0.25, -0.2) is 33.7 Å². The van der Waals surface area contributed by atoms with E-state index in [1.807, 2.05) is 0 Å². The van der Waals surface area contributed by atoms with Crippen molar-refractivity contribution >= 4 is 51.7 Å². The van der Waals surface area contributed by atoms with E-state index in [9.17, 15) is 33.7 Å². The van der Waals surface area contributed by atoms with Crippen LogP contribution in [0.5, 0.6) is 0 Å². The van der Waals surface area contributed by atoms with Crippen molar-refractivity contribution in [1.29, 1.82) is 0 Å². The van der Waals surface area contributed by atoms with Gasteiger partial charge in [0.2, 0.25) is 40.1 Å². The Morgan fingerprint density at radius 1 is 0.750 bits per heavy atom. The fourth-order valence-corrected chi connectivity index (χ4v) is 8.73. The molecule has 0 amide bonds. The maximum absolute atomic E-state index is 12.2. The molecule has 0 unspecified atom stereocenters. The second-order valence-electron chi connectivity index (χ2n) is 6.12. The Balaban J connectivity index is 3.76. The van der Waals surface area contributed by atoms with E-state index in [1.165, 1.54) is 24.3 Å². The highest BCUT2D eigenvalue weighted by Crippen LogP contribution is 2.29. The van der Waals surface area contributed by atoms with Gasteiger partial charge in [-0.1, -0.05) is 31.7 Å². The molecular weight excluding hydrogens is 476 g/mol. The van der Waals surface area contributed by atoms with Gasteiger partial charge in [0.15, 0.2) is 0 Å². The van der Waals surface area contributed by atoms with E-state index in [0.717, 1.165) is 0 Å². The first-order chi connectivity index (χ1) is 12.4. The average molecular weight is 497 g/mol. The van der Waals surface area contributed by atoms with Gasteiger partial charge in [0.1, 0.15) is 0 Å². The van der Waals surface area contributed by atoms with E-state index >= 15 is 0 Å². The lowest BCUT2D eigenvalue weighted by Gasteiger charge is -2.31. The third kappa shape index (κ3) is 6.64. The predicted octanol–water partition coefficient (Wildman–Crippen LogP) is -0.0911. The number of sulfonamides is 4. The normalized spacial score (nSPS) is 15.1. The van der Waals surface area contributed by atoms with Gasteiger partial charge in [-0.05, 0) is 11.1 Å². The number of halogens is 1. The molecule has 0 N–H and O–H groups in total. The van der Waals surface area contributed by atoms with Gasteiger partial charge in [-0.15, -0.1) is 11.6 Å². The van der Waals surface area contributed by atoms with Crippen LogP contribution in [0.3, 0.4) is 0 Å². The number of alkyl halides is 1. The summed E-state index contributed by atoms with van der Waals surface area (Å²) in [6.45, 7) is -0.960. The highest BCUT2D eigenvalue weighted by molar-refractivity contribution is 8.04. The number of rotatable bonds is 9. The van der Waals surface area contributed by atoms with Crippen molar-refractivity contribution in [2.75, 3.05) is 31.6 Å².